The van der Waals surface area contributed by atoms with Crippen LogP contribution >= 0.6 is 0 Å². The van der Waals surface area contributed by atoms with E-state index in [0.29, 0.717) is 17.1 Å². The van der Waals surface area contributed by atoms with Gasteiger partial charge in [-0.25, -0.2) is 18.7 Å². The maximum absolute atomic E-state index is 14.1. The van der Waals surface area contributed by atoms with Gasteiger partial charge in [0.15, 0.2) is 5.82 Å². The number of hydrogen-bond donors (Lipinski definition) is 2. The molecule has 8 nitrogen and oxygen atoms in total. The largest absolute Gasteiger partial charge is 0.507 e. The minimum atomic E-state index is -2.76. The number of aromatic hydroxyl groups is 1. The zero-order valence-corrected chi connectivity index (χ0v) is 16.6. The predicted molar refractivity (Wildman–Crippen MR) is 108 cm³/mol. The smallest absolute Gasteiger partial charge is 0.265 e. The molecule has 0 spiro atoms. The molecular formula is C21H20F2N6O2. The second kappa shape index (κ2) is 7.47. The monoisotopic (exact) mass is 426 g/mol. The molecule has 0 aliphatic carbocycles. The Bertz CT molecular complexity index is 1120. The van der Waals surface area contributed by atoms with Crippen molar-refractivity contribution >= 4 is 6.08 Å². The summed E-state index contributed by atoms with van der Waals surface area (Å²) in [4.78, 5) is 8.29. The van der Waals surface area contributed by atoms with Crippen molar-refractivity contribution in [1.82, 2.24) is 30.0 Å². The molecule has 2 aromatic heterocycles. The fourth-order valence-electron chi connectivity index (χ4n) is 4.29. The fourth-order valence-corrected chi connectivity index (χ4v) is 4.29. The number of rotatable bonds is 4. The molecule has 31 heavy (non-hydrogen) atoms. The van der Waals surface area contributed by atoms with E-state index in [2.05, 4.69) is 25.5 Å². The number of phenols is 1. The molecule has 0 amide bonds. The van der Waals surface area contributed by atoms with E-state index in [-0.39, 0.29) is 18.6 Å². The second-order valence-corrected chi connectivity index (χ2v) is 7.74. The van der Waals surface area contributed by atoms with Crippen molar-refractivity contribution in [3.63, 3.8) is 0 Å². The van der Waals surface area contributed by atoms with Crippen molar-refractivity contribution in [3.8, 4) is 22.7 Å². The number of halogens is 2. The zero-order chi connectivity index (χ0) is 21.6. The molecule has 3 atom stereocenters. The van der Waals surface area contributed by atoms with E-state index in [1.165, 1.54) is 13.3 Å². The Kier molecular flexibility index (Phi) is 4.75. The molecule has 2 bridgehead atoms. The summed E-state index contributed by atoms with van der Waals surface area (Å²) in [6.07, 6.45) is 7.66. The Morgan fingerprint density at radius 3 is 2.87 bits per heavy atom. The van der Waals surface area contributed by atoms with Gasteiger partial charge in [-0.2, -0.15) is 0 Å². The van der Waals surface area contributed by atoms with Gasteiger partial charge in [-0.1, -0.05) is 0 Å². The highest BCUT2D eigenvalue weighted by atomic mass is 19.3. The Morgan fingerprint density at radius 2 is 2.19 bits per heavy atom. The Hall–Kier alpha value is -3.24. The van der Waals surface area contributed by atoms with E-state index in [1.54, 1.807) is 41.5 Å². The summed E-state index contributed by atoms with van der Waals surface area (Å²) in [5.41, 5.74) is 2.36. The first kappa shape index (κ1) is 19.7. The molecule has 2 aliphatic rings. The predicted octanol–water partition coefficient (Wildman–Crippen LogP) is 2.60. The summed E-state index contributed by atoms with van der Waals surface area (Å²) in [7, 11) is 1.51. The van der Waals surface area contributed by atoms with Crippen LogP contribution in [0.2, 0.25) is 0 Å². The number of methoxy groups -OCH3 is 1. The minimum absolute atomic E-state index is 0.0324. The first-order valence-electron chi connectivity index (χ1n) is 9.83. The lowest BCUT2D eigenvalue weighted by Gasteiger charge is -2.31. The molecule has 10 heteroatoms. The van der Waals surface area contributed by atoms with Gasteiger partial charge in [-0.05, 0) is 30.2 Å². The maximum atomic E-state index is 14.1. The van der Waals surface area contributed by atoms with Crippen LogP contribution in [0.5, 0.6) is 5.75 Å². The normalized spacial score (nSPS) is 25.8. The lowest BCUT2D eigenvalue weighted by Crippen LogP contribution is -2.47. The highest BCUT2D eigenvalue weighted by Crippen LogP contribution is 2.42. The van der Waals surface area contributed by atoms with Gasteiger partial charge in [0.2, 0.25) is 0 Å². The summed E-state index contributed by atoms with van der Waals surface area (Å²) in [5, 5.41) is 21.6. The highest BCUT2D eigenvalue weighted by Gasteiger charge is 2.54. The number of hydrogen-bond acceptors (Lipinski definition) is 7. The molecule has 0 saturated carbocycles. The second-order valence-electron chi connectivity index (χ2n) is 7.74. The van der Waals surface area contributed by atoms with Gasteiger partial charge in [0.05, 0.1) is 30.4 Å². The first-order valence-corrected chi connectivity index (χ1v) is 9.83. The molecule has 2 aliphatic heterocycles. The number of benzene rings is 1. The highest BCUT2D eigenvalue weighted by molar-refractivity contribution is 5.68. The quantitative estimate of drug-likeness (QED) is 0.662. The third kappa shape index (κ3) is 3.57. The maximum Gasteiger partial charge on any atom is 0.265 e. The van der Waals surface area contributed by atoms with Crippen molar-refractivity contribution in [2.75, 3.05) is 7.11 Å². The Labute approximate surface area is 176 Å². The van der Waals surface area contributed by atoms with E-state index in [4.69, 9.17) is 4.74 Å². The minimum Gasteiger partial charge on any atom is -0.507 e. The molecule has 4 heterocycles. The lowest BCUT2D eigenvalue weighted by atomic mass is 9.95. The molecule has 2 N–H and O–H groups in total. The van der Waals surface area contributed by atoms with Gasteiger partial charge in [0.25, 0.3) is 5.92 Å². The standard InChI is InChI=1S/C21H20F2N6O2/c1-31-20-12(6-18-21(22,23)9-15(20)26-18)7-19-25-10-16(27-28-19)14-3-2-13(8-17(14)30)29-5-4-24-11-29/h2-5,7-8,10-11,15,18,20,26,30H,6,9H2,1H3/b12-7-/t15?,18-,20-/m1/s1. The van der Waals surface area contributed by atoms with E-state index in [1.807, 2.05) is 6.07 Å². The van der Waals surface area contributed by atoms with Crippen LogP contribution in [0, 0.1) is 0 Å². The third-order valence-corrected chi connectivity index (χ3v) is 5.80. The van der Waals surface area contributed by atoms with E-state index >= 15 is 0 Å². The van der Waals surface area contributed by atoms with Gasteiger partial charge in [0, 0.05) is 43.6 Å². The van der Waals surface area contributed by atoms with Crippen LogP contribution < -0.4 is 5.32 Å². The van der Waals surface area contributed by atoms with Crippen molar-refractivity contribution in [3.05, 3.63) is 54.5 Å². The molecule has 1 unspecified atom stereocenters. The summed E-state index contributed by atoms with van der Waals surface area (Å²) < 4.78 is 35.4. The number of alkyl halides is 2. The van der Waals surface area contributed by atoms with Crippen LogP contribution in [-0.2, 0) is 4.74 Å². The lowest BCUT2D eigenvalue weighted by molar-refractivity contribution is -0.00999. The van der Waals surface area contributed by atoms with Crippen LogP contribution in [-0.4, -0.2) is 61.1 Å². The number of ether oxygens (including phenoxy) is 1. The number of fused-ring (bicyclic) bond motifs is 2. The Morgan fingerprint density at radius 1 is 1.32 bits per heavy atom. The van der Waals surface area contributed by atoms with Gasteiger partial charge in [0.1, 0.15) is 11.4 Å². The molecule has 2 saturated heterocycles. The van der Waals surface area contributed by atoms with Crippen LogP contribution in [0.4, 0.5) is 8.78 Å². The SMILES string of the molecule is CO[C@@H]1/C(=C\c2ncc(-c3ccc(-n4ccnc4)cc3O)nn2)C[C@H]2NC1CC2(F)F. The van der Waals surface area contributed by atoms with Gasteiger partial charge >= 0.3 is 0 Å². The summed E-state index contributed by atoms with van der Waals surface area (Å²) in [5.74, 6) is -2.43. The van der Waals surface area contributed by atoms with Gasteiger partial charge < -0.3 is 19.7 Å². The summed E-state index contributed by atoms with van der Waals surface area (Å²) in [6.45, 7) is 0. The molecule has 0 radical (unpaired) electrons. The number of phenolic OH excluding ortho intramolecular Hbond substituents is 1. The zero-order valence-electron chi connectivity index (χ0n) is 16.6. The van der Waals surface area contributed by atoms with Gasteiger partial charge in [-0.15, -0.1) is 10.2 Å². The molecule has 5 rings (SSSR count). The van der Waals surface area contributed by atoms with Crippen LogP contribution in [0.1, 0.15) is 18.7 Å². The fraction of sp³-hybridized carbons (Fsp3) is 0.333. The van der Waals surface area contributed by atoms with Crippen molar-refractivity contribution in [1.29, 1.82) is 0 Å². The van der Waals surface area contributed by atoms with E-state index in [0.717, 1.165) is 11.3 Å². The molecule has 2 fully saturated rings. The average Bonchev–Trinajstić information content (AvgIpc) is 3.36. The van der Waals surface area contributed by atoms with Gasteiger partial charge in [-0.3, -0.25) is 0 Å². The number of nitrogens with zero attached hydrogens (tertiary/aromatic N) is 5. The van der Waals surface area contributed by atoms with Crippen molar-refractivity contribution in [2.24, 2.45) is 0 Å². The van der Waals surface area contributed by atoms with E-state index in [9.17, 15) is 13.9 Å². The number of piperidine rings is 1. The van der Waals surface area contributed by atoms with E-state index < -0.39 is 24.1 Å². The third-order valence-electron chi connectivity index (χ3n) is 5.80. The number of nitrogens with one attached hydrogen (secondary N) is 1. The Balaban J connectivity index is 1.39. The molecule has 3 aromatic rings. The summed E-state index contributed by atoms with van der Waals surface area (Å²) in [6, 6.07) is 3.80. The first-order chi connectivity index (χ1) is 14.9. The van der Waals surface area contributed by atoms with Crippen molar-refractivity contribution < 1.29 is 18.6 Å². The van der Waals surface area contributed by atoms with Crippen LogP contribution in [0.15, 0.2) is 48.7 Å². The number of aromatic nitrogens is 5. The molecule has 160 valence electrons. The summed E-state index contributed by atoms with van der Waals surface area (Å²) >= 11 is 0. The number of imidazole rings is 1. The van der Waals surface area contributed by atoms with Crippen molar-refractivity contribution in [2.45, 2.75) is 37.0 Å². The molecule has 1 aromatic carbocycles. The molecular weight excluding hydrogens is 406 g/mol. The van der Waals surface area contributed by atoms with Crippen LogP contribution in [0.25, 0.3) is 23.0 Å². The van der Waals surface area contributed by atoms with Crippen LogP contribution in [0.3, 0.4) is 0 Å². The topological polar surface area (TPSA) is 98.0 Å². The average molecular weight is 426 g/mol.